The number of carbonyl (C=O) groups is 1. The Labute approximate surface area is 175 Å². The molecule has 0 unspecified atom stereocenters. The first-order valence-electron chi connectivity index (χ1n) is 9.93. The molecule has 8 heteroatoms. The molecule has 0 aliphatic carbocycles. The molecule has 8 nitrogen and oxygen atoms in total. The number of anilines is 2. The van der Waals surface area contributed by atoms with Crippen LogP contribution < -0.4 is 20.7 Å². The van der Waals surface area contributed by atoms with E-state index in [0.29, 0.717) is 24.0 Å². The molecule has 30 heavy (non-hydrogen) atoms. The van der Waals surface area contributed by atoms with Gasteiger partial charge < -0.3 is 20.7 Å². The molecule has 0 saturated carbocycles. The summed E-state index contributed by atoms with van der Waals surface area (Å²) < 4.78 is 6.04. The third kappa shape index (κ3) is 4.65. The molecule has 0 spiro atoms. The molecule has 0 radical (unpaired) electrons. The van der Waals surface area contributed by atoms with Crippen molar-refractivity contribution in [3.8, 4) is 5.75 Å². The fraction of sp³-hybridized carbons (Fsp3) is 0.273. The Bertz CT molecular complexity index is 1040. The third-order valence-corrected chi connectivity index (χ3v) is 4.96. The van der Waals surface area contributed by atoms with E-state index in [9.17, 15) is 4.79 Å². The van der Waals surface area contributed by atoms with Crippen LogP contribution in [0.1, 0.15) is 28.4 Å². The van der Waals surface area contributed by atoms with E-state index in [4.69, 9.17) is 10.5 Å². The van der Waals surface area contributed by atoms with Gasteiger partial charge in [-0.1, -0.05) is 31.2 Å². The van der Waals surface area contributed by atoms with Crippen molar-refractivity contribution >= 4 is 17.8 Å². The summed E-state index contributed by atoms with van der Waals surface area (Å²) in [6.07, 6.45) is 2.59. The lowest BCUT2D eigenvalue weighted by Crippen LogP contribution is -2.54. The number of hydrogen-bond acceptors (Lipinski definition) is 7. The van der Waals surface area contributed by atoms with Crippen LogP contribution in [0.2, 0.25) is 0 Å². The number of aryl methyl sites for hydroxylation is 1. The SMILES string of the molecule is CCc1cccc(OC2CN(c3ncnc(NCc4cccc(C(N)=O)c4)n3)C2)c1. The summed E-state index contributed by atoms with van der Waals surface area (Å²) in [7, 11) is 0. The molecule has 2 heterocycles. The number of nitrogens with two attached hydrogens (primary N) is 1. The topological polar surface area (TPSA) is 106 Å². The fourth-order valence-electron chi connectivity index (χ4n) is 3.25. The van der Waals surface area contributed by atoms with Gasteiger partial charge in [0, 0.05) is 12.1 Å². The van der Waals surface area contributed by atoms with E-state index in [1.54, 1.807) is 18.2 Å². The lowest BCUT2D eigenvalue weighted by Gasteiger charge is -2.38. The van der Waals surface area contributed by atoms with Crippen LogP contribution in [0, 0.1) is 0 Å². The van der Waals surface area contributed by atoms with Crippen LogP contribution in [-0.2, 0) is 13.0 Å². The van der Waals surface area contributed by atoms with E-state index in [-0.39, 0.29) is 6.10 Å². The lowest BCUT2D eigenvalue weighted by molar-refractivity contribution is 0.1000. The van der Waals surface area contributed by atoms with Gasteiger partial charge in [0.25, 0.3) is 0 Å². The maximum absolute atomic E-state index is 11.3. The van der Waals surface area contributed by atoms with Crippen molar-refractivity contribution in [2.45, 2.75) is 26.0 Å². The Balaban J connectivity index is 1.32. The van der Waals surface area contributed by atoms with Gasteiger partial charge in [-0.2, -0.15) is 4.98 Å². The second kappa shape index (κ2) is 8.77. The number of carbonyl (C=O) groups excluding carboxylic acids is 1. The largest absolute Gasteiger partial charge is 0.487 e. The van der Waals surface area contributed by atoms with Gasteiger partial charge >= 0.3 is 0 Å². The summed E-state index contributed by atoms with van der Waals surface area (Å²) >= 11 is 0. The Morgan fingerprint density at radius 3 is 2.77 bits per heavy atom. The van der Waals surface area contributed by atoms with E-state index in [0.717, 1.165) is 30.8 Å². The van der Waals surface area contributed by atoms with Gasteiger partial charge in [0.2, 0.25) is 17.8 Å². The first kappa shape index (κ1) is 19.6. The number of benzene rings is 2. The van der Waals surface area contributed by atoms with Crippen molar-refractivity contribution < 1.29 is 9.53 Å². The summed E-state index contributed by atoms with van der Waals surface area (Å²) in [5, 5.41) is 3.16. The van der Waals surface area contributed by atoms with E-state index in [1.807, 2.05) is 18.2 Å². The number of rotatable bonds is 8. The molecule has 0 bridgehead atoms. The van der Waals surface area contributed by atoms with Crippen molar-refractivity contribution in [3.05, 3.63) is 71.5 Å². The first-order chi connectivity index (χ1) is 14.6. The summed E-state index contributed by atoms with van der Waals surface area (Å²) in [6.45, 7) is 4.05. The number of nitrogens with one attached hydrogen (secondary N) is 1. The number of ether oxygens (including phenoxy) is 1. The van der Waals surface area contributed by atoms with Gasteiger partial charge in [0.05, 0.1) is 13.1 Å². The van der Waals surface area contributed by atoms with Crippen LogP contribution in [0.15, 0.2) is 54.9 Å². The maximum Gasteiger partial charge on any atom is 0.248 e. The van der Waals surface area contributed by atoms with Crippen LogP contribution in [0.5, 0.6) is 5.75 Å². The lowest BCUT2D eigenvalue weighted by atomic mass is 10.1. The van der Waals surface area contributed by atoms with Crippen molar-refractivity contribution in [2.24, 2.45) is 5.73 Å². The summed E-state index contributed by atoms with van der Waals surface area (Å²) in [4.78, 5) is 26.3. The predicted octanol–water partition coefficient (Wildman–Crippen LogP) is 2.41. The Morgan fingerprint density at radius 1 is 1.17 bits per heavy atom. The highest BCUT2D eigenvalue weighted by Crippen LogP contribution is 2.22. The molecule has 1 fully saturated rings. The van der Waals surface area contributed by atoms with Crippen LogP contribution in [0.25, 0.3) is 0 Å². The molecule has 0 atom stereocenters. The number of amides is 1. The smallest absolute Gasteiger partial charge is 0.248 e. The maximum atomic E-state index is 11.3. The summed E-state index contributed by atoms with van der Waals surface area (Å²) in [5.74, 6) is 1.54. The van der Waals surface area contributed by atoms with E-state index >= 15 is 0 Å². The zero-order valence-corrected chi connectivity index (χ0v) is 16.8. The second-order valence-corrected chi connectivity index (χ2v) is 7.17. The summed E-state index contributed by atoms with van der Waals surface area (Å²) in [5.41, 5.74) is 7.98. The summed E-state index contributed by atoms with van der Waals surface area (Å²) in [6, 6.07) is 15.3. The highest BCUT2D eigenvalue weighted by atomic mass is 16.5. The minimum absolute atomic E-state index is 0.113. The van der Waals surface area contributed by atoms with Gasteiger partial charge in [-0.3, -0.25) is 4.79 Å². The van der Waals surface area contributed by atoms with Gasteiger partial charge in [-0.25, -0.2) is 9.97 Å². The molecule has 1 aliphatic heterocycles. The first-order valence-corrected chi connectivity index (χ1v) is 9.93. The third-order valence-electron chi connectivity index (χ3n) is 4.96. The highest BCUT2D eigenvalue weighted by molar-refractivity contribution is 5.92. The number of hydrogen-bond donors (Lipinski definition) is 2. The minimum Gasteiger partial charge on any atom is -0.487 e. The molecule has 1 aromatic heterocycles. The van der Waals surface area contributed by atoms with Crippen molar-refractivity contribution in [1.29, 1.82) is 0 Å². The van der Waals surface area contributed by atoms with Gasteiger partial charge in [0.15, 0.2) is 0 Å². The molecule has 4 rings (SSSR count). The van der Waals surface area contributed by atoms with E-state index in [2.05, 4.69) is 44.2 Å². The fourth-order valence-corrected chi connectivity index (χ4v) is 3.25. The van der Waals surface area contributed by atoms with Gasteiger partial charge in [-0.05, 0) is 41.8 Å². The Morgan fingerprint density at radius 2 is 1.97 bits per heavy atom. The molecule has 1 amide bonds. The normalized spacial score (nSPS) is 13.6. The van der Waals surface area contributed by atoms with Crippen molar-refractivity contribution in [3.63, 3.8) is 0 Å². The standard InChI is InChI=1S/C22H24N6O2/c1-2-15-5-4-8-18(10-15)30-19-12-28(13-19)22-26-14-25-21(27-22)24-11-16-6-3-7-17(9-16)20(23)29/h3-10,14,19H,2,11-13H2,1H3,(H2,23,29)(H,24,25,26,27). The van der Waals surface area contributed by atoms with Crippen molar-refractivity contribution in [2.75, 3.05) is 23.3 Å². The molecule has 1 saturated heterocycles. The van der Waals surface area contributed by atoms with Crippen LogP contribution in [0.3, 0.4) is 0 Å². The molecule has 2 aromatic carbocycles. The average Bonchev–Trinajstić information content (AvgIpc) is 2.75. The second-order valence-electron chi connectivity index (χ2n) is 7.17. The van der Waals surface area contributed by atoms with Crippen LogP contribution >= 0.6 is 0 Å². The van der Waals surface area contributed by atoms with Gasteiger partial charge in [0.1, 0.15) is 18.2 Å². The monoisotopic (exact) mass is 404 g/mol. The number of nitrogens with zero attached hydrogens (tertiary/aromatic N) is 4. The van der Waals surface area contributed by atoms with Crippen LogP contribution in [-0.4, -0.2) is 40.1 Å². The zero-order chi connectivity index (χ0) is 20.9. The minimum atomic E-state index is -0.449. The molecule has 3 aromatic rings. The highest BCUT2D eigenvalue weighted by Gasteiger charge is 2.30. The number of primary amides is 1. The quantitative estimate of drug-likeness (QED) is 0.594. The molecular formula is C22H24N6O2. The van der Waals surface area contributed by atoms with Crippen molar-refractivity contribution in [1.82, 2.24) is 15.0 Å². The van der Waals surface area contributed by atoms with E-state index < -0.39 is 5.91 Å². The molecule has 3 N–H and O–H groups in total. The number of aromatic nitrogens is 3. The Hall–Kier alpha value is -3.68. The molecule has 154 valence electrons. The Kier molecular flexibility index (Phi) is 5.74. The van der Waals surface area contributed by atoms with Gasteiger partial charge in [-0.15, -0.1) is 0 Å². The zero-order valence-electron chi connectivity index (χ0n) is 16.8. The van der Waals surface area contributed by atoms with Crippen LogP contribution in [0.4, 0.5) is 11.9 Å². The average molecular weight is 404 g/mol. The predicted molar refractivity (Wildman–Crippen MR) is 115 cm³/mol. The molecular weight excluding hydrogens is 380 g/mol. The van der Waals surface area contributed by atoms with E-state index in [1.165, 1.54) is 11.9 Å². The molecule has 1 aliphatic rings.